The molecule has 0 fully saturated rings. The first-order valence-corrected chi connectivity index (χ1v) is 12.2. The fraction of sp³-hybridized carbons (Fsp3) is 0.385. The van der Waals surface area contributed by atoms with Crippen molar-refractivity contribution < 1.29 is 18.0 Å². The molecular weight excluding hydrogens is 483 g/mol. The van der Waals surface area contributed by atoms with E-state index in [0.717, 1.165) is 28.7 Å². The second-order valence-electron chi connectivity index (χ2n) is 9.50. The molecule has 0 aliphatic carbocycles. The number of rotatable bonds is 6. The summed E-state index contributed by atoms with van der Waals surface area (Å²) < 4.78 is 44.6. The van der Waals surface area contributed by atoms with Gasteiger partial charge in [0.1, 0.15) is 17.3 Å². The van der Waals surface area contributed by atoms with E-state index in [1.54, 1.807) is 28.6 Å². The molecule has 1 aliphatic rings. The summed E-state index contributed by atoms with van der Waals surface area (Å²) in [5.41, 5.74) is 3.30. The summed E-state index contributed by atoms with van der Waals surface area (Å²) >= 11 is 0. The first-order chi connectivity index (χ1) is 17.6. The minimum Gasteiger partial charge on any atom is -0.331 e. The maximum Gasteiger partial charge on any atom is 0.434 e. The van der Waals surface area contributed by atoms with Crippen molar-refractivity contribution >= 4 is 11.7 Å². The smallest absolute Gasteiger partial charge is 0.331 e. The molecular formula is C26H28F3N7O. The molecule has 37 heavy (non-hydrogen) atoms. The second-order valence-corrected chi connectivity index (χ2v) is 9.50. The van der Waals surface area contributed by atoms with Crippen molar-refractivity contribution in [2.45, 2.75) is 58.9 Å². The van der Waals surface area contributed by atoms with Gasteiger partial charge in [-0.25, -0.2) is 9.67 Å². The summed E-state index contributed by atoms with van der Waals surface area (Å²) in [7, 11) is 1.88. The lowest BCUT2D eigenvalue weighted by molar-refractivity contribution is -0.140. The summed E-state index contributed by atoms with van der Waals surface area (Å²) in [6, 6.07) is 9.04. The van der Waals surface area contributed by atoms with Crippen LogP contribution in [0.3, 0.4) is 0 Å². The van der Waals surface area contributed by atoms with Crippen molar-refractivity contribution in [3.63, 3.8) is 0 Å². The summed E-state index contributed by atoms with van der Waals surface area (Å²) in [5, 5.41) is 9.18. The van der Waals surface area contributed by atoms with E-state index in [4.69, 9.17) is 5.10 Å². The van der Waals surface area contributed by atoms with Gasteiger partial charge in [-0.1, -0.05) is 38.1 Å². The van der Waals surface area contributed by atoms with Crippen LogP contribution >= 0.6 is 0 Å². The fourth-order valence-electron chi connectivity index (χ4n) is 4.69. The first kappa shape index (κ1) is 24.8. The van der Waals surface area contributed by atoms with Gasteiger partial charge in [-0.2, -0.15) is 23.4 Å². The van der Waals surface area contributed by atoms with Crippen LogP contribution in [0.1, 0.15) is 49.9 Å². The Bertz CT molecular complexity index is 1440. The second kappa shape index (κ2) is 9.20. The number of carbonyl (C=O) groups is 1. The number of carbonyl (C=O) groups excluding carboxylic acids is 1. The van der Waals surface area contributed by atoms with Crippen LogP contribution in [-0.4, -0.2) is 35.0 Å². The standard InChI is InChI=1S/C26H28F3N7O/c1-5-34-15-21(26(27,28)29)31-25(34)18-8-6-17(7-9-18)14-35-22-12-20(32-36(22)11-10-23(35)37)24-19(16(2)3)13-30-33(24)4/h6-9,12-13,15-16H,5,10-11,14H2,1-4H3. The molecule has 0 saturated heterocycles. The van der Waals surface area contributed by atoms with Crippen LogP contribution in [0, 0.1) is 0 Å². The van der Waals surface area contributed by atoms with E-state index in [9.17, 15) is 18.0 Å². The maximum absolute atomic E-state index is 13.2. The molecule has 0 N–H and O–H groups in total. The van der Waals surface area contributed by atoms with Gasteiger partial charge in [-0.15, -0.1) is 0 Å². The number of amides is 1. The number of benzene rings is 1. The molecule has 0 saturated carbocycles. The number of aromatic nitrogens is 6. The van der Waals surface area contributed by atoms with Crippen molar-refractivity contribution in [1.82, 2.24) is 29.1 Å². The zero-order valence-electron chi connectivity index (χ0n) is 21.1. The fourth-order valence-corrected chi connectivity index (χ4v) is 4.69. The third-order valence-corrected chi connectivity index (χ3v) is 6.67. The molecule has 0 spiro atoms. The maximum atomic E-state index is 13.2. The molecule has 1 aromatic carbocycles. The van der Waals surface area contributed by atoms with Crippen molar-refractivity contribution in [1.29, 1.82) is 0 Å². The van der Waals surface area contributed by atoms with E-state index in [-0.39, 0.29) is 17.6 Å². The quantitative estimate of drug-likeness (QED) is 0.355. The minimum atomic E-state index is -4.50. The van der Waals surface area contributed by atoms with Crippen molar-refractivity contribution in [3.8, 4) is 22.8 Å². The Labute approximate surface area is 212 Å². The van der Waals surface area contributed by atoms with Gasteiger partial charge in [0.05, 0.1) is 25.0 Å². The number of hydrogen-bond acceptors (Lipinski definition) is 4. The zero-order chi connectivity index (χ0) is 26.5. The average molecular weight is 512 g/mol. The van der Waals surface area contributed by atoms with Crippen molar-refractivity contribution in [2.75, 3.05) is 4.90 Å². The lowest BCUT2D eigenvalue weighted by Gasteiger charge is -2.27. The Hall–Kier alpha value is -3.89. The van der Waals surface area contributed by atoms with Crippen molar-refractivity contribution in [3.05, 3.63) is 59.5 Å². The van der Waals surface area contributed by atoms with Gasteiger partial charge in [0.25, 0.3) is 0 Å². The Kier molecular flexibility index (Phi) is 6.17. The lowest BCUT2D eigenvalue weighted by atomic mass is 10.0. The molecule has 11 heteroatoms. The van der Waals surface area contributed by atoms with E-state index in [2.05, 4.69) is 23.9 Å². The Morgan fingerprint density at radius 3 is 2.51 bits per heavy atom. The third-order valence-electron chi connectivity index (χ3n) is 6.67. The van der Waals surface area contributed by atoms with Gasteiger partial charge >= 0.3 is 6.18 Å². The van der Waals surface area contributed by atoms with Gasteiger partial charge in [-0.05, 0) is 18.4 Å². The predicted molar refractivity (Wildman–Crippen MR) is 133 cm³/mol. The summed E-state index contributed by atoms with van der Waals surface area (Å²) in [6.07, 6.45) is -1.29. The molecule has 4 heterocycles. The third kappa shape index (κ3) is 4.54. The number of nitrogens with zero attached hydrogens (tertiary/aromatic N) is 7. The predicted octanol–water partition coefficient (Wildman–Crippen LogP) is 5.25. The zero-order valence-corrected chi connectivity index (χ0v) is 21.1. The molecule has 0 radical (unpaired) electrons. The topological polar surface area (TPSA) is 73.8 Å². The highest BCUT2D eigenvalue weighted by atomic mass is 19.4. The van der Waals surface area contributed by atoms with Gasteiger partial charge in [0, 0.05) is 43.4 Å². The average Bonchev–Trinajstić information content (AvgIpc) is 3.57. The van der Waals surface area contributed by atoms with Gasteiger partial charge in [0.2, 0.25) is 5.91 Å². The van der Waals surface area contributed by atoms with Crippen LogP contribution < -0.4 is 4.90 Å². The number of alkyl halides is 3. The van der Waals surface area contributed by atoms with E-state index >= 15 is 0 Å². The number of fused-ring (bicyclic) bond motifs is 1. The number of hydrogen-bond donors (Lipinski definition) is 0. The van der Waals surface area contributed by atoms with Crippen LogP contribution in [0.2, 0.25) is 0 Å². The number of anilines is 1. The van der Waals surface area contributed by atoms with E-state index < -0.39 is 11.9 Å². The van der Waals surface area contributed by atoms with Gasteiger partial charge in [-0.3, -0.25) is 14.4 Å². The van der Waals surface area contributed by atoms with Gasteiger partial charge < -0.3 is 4.57 Å². The number of imidazole rings is 1. The van der Waals surface area contributed by atoms with E-state index in [1.165, 1.54) is 4.57 Å². The molecule has 1 amide bonds. The molecule has 3 aromatic heterocycles. The number of aryl methyl sites for hydroxylation is 3. The summed E-state index contributed by atoms with van der Waals surface area (Å²) in [4.78, 5) is 18.4. The monoisotopic (exact) mass is 511 g/mol. The summed E-state index contributed by atoms with van der Waals surface area (Å²) in [5.74, 6) is 1.24. The van der Waals surface area contributed by atoms with Crippen LogP contribution in [0.4, 0.5) is 19.0 Å². The molecule has 0 unspecified atom stereocenters. The van der Waals surface area contributed by atoms with E-state index in [0.29, 0.717) is 37.4 Å². The van der Waals surface area contributed by atoms with Crippen LogP contribution in [0.15, 0.2) is 42.7 Å². The molecule has 4 aromatic rings. The lowest BCUT2D eigenvalue weighted by Crippen LogP contribution is -2.36. The molecule has 0 atom stereocenters. The number of halogens is 3. The van der Waals surface area contributed by atoms with Crippen LogP contribution in [-0.2, 0) is 37.7 Å². The normalized spacial score (nSPS) is 14.1. The van der Waals surface area contributed by atoms with Gasteiger partial charge in [0.15, 0.2) is 5.69 Å². The Morgan fingerprint density at radius 2 is 1.86 bits per heavy atom. The molecule has 5 rings (SSSR count). The van der Waals surface area contributed by atoms with Crippen LogP contribution in [0.25, 0.3) is 22.8 Å². The molecule has 194 valence electrons. The molecule has 1 aliphatic heterocycles. The molecule has 8 nitrogen and oxygen atoms in total. The molecule has 0 bridgehead atoms. The highest BCUT2D eigenvalue weighted by Crippen LogP contribution is 2.34. The largest absolute Gasteiger partial charge is 0.434 e. The summed E-state index contributed by atoms with van der Waals surface area (Å²) in [6.45, 7) is 7.17. The highest BCUT2D eigenvalue weighted by molar-refractivity contribution is 5.94. The SMILES string of the molecule is CCn1cc(C(F)(F)F)nc1-c1ccc(CN2C(=O)CCn3nc(-c4c(C(C)C)cnn4C)cc32)cc1. The minimum absolute atomic E-state index is 0.00605. The van der Waals surface area contributed by atoms with Crippen LogP contribution in [0.5, 0.6) is 0 Å². The van der Waals surface area contributed by atoms with E-state index in [1.807, 2.05) is 36.1 Å². The Balaban J connectivity index is 1.43. The van der Waals surface area contributed by atoms with Crippen molar-refractivity contribution in [2.24, 2.45) is 7.05 Å². The Morgan fingerprint density at radius 1 is 1.14 bits per heavy atom. The first-order valence-electron chi connectivity index (χ1n) is 12.2. The highest BCUT2D eigenvalue weighted by Gasteiger charge is 2.35.